The fourth-order valence-electron chi connectivity index (χ4n) is 2.66. The highest BCUT2D eigenvalue weighted by molar-refractivity contribution is 6.42. The zero-order valence-corrected chi connectivity index (χ0v) is 17.1. The van der Waals surface area contributed by atoms with Crippen LogP contribution in [0.2, 0.25) is 10.0 Å². The fourth-order valence-corrected chi connectivity index (χ4v) is 2.95. The molecule has 1 saturated heterocycles. The topological polar surface area (TPSA) is 131 Å². The maximum atomic E-state index is 12.3. The van der Waals surface area contributed by atoms with Crippen LogP contribution in [0, 0.1) is 12.8 Å². The number of hydrogen-bond acceptors (Lipinski definition) is 7. The lowest BCUT2D eigenvalue weighted by Gasteiger charge is -2.17. The molecule has 1 fully saturated rings. The van der Waals surface area contributed by atoms with E-state index in [9.17, 15) is 19.2 Å². The van der Waals surface area contributed by atoms with Crippen molar-refractivity contribution in [3.8, 4) is 0 Å². The van der Waals surface area contributed by atoms with Crippen LogP contribution in [0.5, 0.6) is 0 Å². The molecule has 1 aliphatic rings. The van der Waals surface area contributed by atoms with Crippen LogP contribution in [0.25, 0.3) is 0 Å². The average Bonchev–Trinajstić information content (AvgIpc) is 3.27. The van der Waals surface area contributed by atoms with Gasteiger partial charge in [0, 0.05) is 18.1 Å². The lowest BCUT2D eigenvalue weighted by molar-refractivity contribution is -0.151. The Balaban J connectivity index is 1.49. The van der Waals surface area contributed by atoms with Crippen LogP contribution in [0.15, 0.2) is 28.8 Å². The Morgan fingerprint density at radius 2 is 2.03 bits per heavy atom. The summed E-state index contributed by atoms with van der Waals surface area (Å²) in [5.74, 6) is -2.51. The third-order valence-corrected chi connectivity index (χ3v) is 4.86. The molecular weight excluding hydrogens is 439 g/mol. The summed E-state index contributed by atoms with van der Waals surface area (Å²) < 4.78 is 9.76. The predicted molar refractivity (Wildman–Crippen MR) is 105 cm³/mol. The number of halogens is 2. The third kappa shape index (κ3) is 5.28. The number of benzene rings is 1. The van der Waals surface area contributed by atoms with Gasteiger partial charge in [-0.1, -0.05) is 28.4 Å². The van der Waals surface area contributed by atoms with E-state index in [2.05, 4.69) is 15.9 Å². The van der Waals surface area contributed by atoms with Gasteiger partial charge in [-0.2, -0.15) is 0 Å². The molecule has 0 spiro atoms. The molecule has 1 aromatic heterocycles. The number of carbonyl (C=O) groups is 4. The highest BCUT2D eigenvalue weighted by atomic mass is 35.5. The van der Waals surface area contributed by atoms with E-state index in [1.165, 1.54) is 24.3 Å². The average molecular weight is 455 g/mol. The minimum atomic E-state index is -0.825. The van der Waals surface area contributed by atoms with Crippen molar-refractivity contribution in [1.82, 2.24) is 15.6 Å². The molecule has 1 unspecified atom stereocenters. The van der Waals surface area contributed by atoms with Crippen molar-refractivity contribution < 1.29 is 28.4 Å². The molecule has 0 aliphatic carbocycles. The van der Waals surface area contributed by atoms with Gasteiger partial charge in [-0.3, -0.25) is 29.6 Å². The number of carbonyl (C=O) groups excluding carboxylic acids is 4. The van der Waals surface area contributed by atoms with Gasteiger partial charge < -0.3 is 14.6 Å². The van der Waals surface area contributed by atoms with Crippen molar-refractivity contribution in [3.05, 3.63) is 45.6 Å². The highest BCUT2D eigenvalue weighted by Gasteiger charge is 2.36. The van der Waals surface area contributed by atoms with Crippen molar-refractivity contribution in [2.45, 2.75) is 13.3 Å². The first kappa shape index (κ1) is 21.6. The highest BCUT2D eigenvalue weighted by Crippen LogP contribution is 2.23. The normalized spacial score (nSPS) is 15.8. The molecule has 2 heterocycles. The third-order valence-electron chi connectivity index (χ3n) is 4.12. The van der Waals surface area contributed by atoms with Gasteiger partial charge in [0.1, 0.15) is 5.76 Å². The van der Waals surface area contributed by atoms with Gasteiger partial charge in [0.05, 0.1) is 22.5 Å². The van der Waals surface area contributed by atoms with E-state index >= 15 is 0 Å². The predicted octanol–water partition coefficient (Wildman–Crippen LogP) is 1.97. The summed E-state index contributed by atoms with van der Waals surface area (Å²) in [6, 6.07) is 5.77. The number of nitrogens with one attached hydrogen (secondary N) is 2. The molecule has 0 radical (unpaired) electrons. The summed E-state index contributed by atoms with van der Waals surface area (Å²) in [4.78, 5) is 48.4. The van der Waals surface area contributed by atoms with Gasteiger partial charge in [0.15, 0.2) is 12.4 Å². The summed E-state index contributed by atoms with van der Waals surface area (Å²) in [5, 5.41) is 7.49. The SMILES string of the molecule is Cc1cc(NC(=O)COC(=O)C2CC(=O)N(NC(=O)c3ccc(Cl)c(Cl)c3)C2)no1. The second-order valence-electron chi connectivity index (χ2n) is 6.45. The Morgan fingerprint density at radius 3 is 2.70 bits per heavy atom. The molecule has 0 saturated carbocycles. The Kier molecular flexibility index (Phi) is 6.58. The molecule has 1 aliphatic heterocycles. The number of aromatic nitrogens is 1. The summed E-state index contributed by atoms with van der Waals surface area (Å²) in [6.45, 7) is 1.02. The Morgan fingerprint density at radius 1 is 1.27 bits per heavy atom. The molecule has 3 rings (SSSR count). The van der Waals surface area contributed by atoms with E-state index in [0.717, 1.165) is 5.01 Å². The van der Waals surface area contributed by atoms with Crippen LogP contribution in [0.4, 0.5) is 5.82 Å². The number of aryl methyl sites for hydroxylation is 1. The molecule has 3 amide bonds. The van der Waals surface area contributed by atoms with Crippen LogP contribution in [0.3, 0.4) is 0 Å². The Hall–Kier alpha value is -3.11. The number of rotatable bonds is 6. The number of nitrogens with zero attached hydrogens (tertiary/aromatic N) is 2. The number of hydrogen-bond donors (Lipinski definition) is 2. The largest absolute Gasteiger partial charge is 0.455 e. The van der Waals surface area contributed by atoms with Gasteiger partial charge in [-0.15, -0.1) is 0 Å². The van der Waals surface area contributed by atoms with Crippen molar-refractivity contribution in [1.29, 1.82) is 0 Å². The van der Waals surface area contributed by atoms with Gasteiger partial charge in [0.2, 0.25) is 5.91 Å². The van der Waals surface area contributed by atoms with Crippen LogP contribution in [-0.4, -0.2) is 47.0 Å². The summed E-state index contributed by atoms with van der Waals surface area (Å²) in [5.41, 5.74) is 2.61. The van der Waals surface area contributed by atoms with Crippen LogP contribution < -0.4 is 10.7 Å². The molecule has 10 nitrogen and oxygen atoms in total. The Labute approximate surface area is 180 Å². The standard InChI is InChI=1S/C18H16Cl2N4O6/c1-9-4-14(23-30-9)21-15(25)8-29-18(28)11-6-16(26)24(7-11)22-17(27)10-2-3-12(19)13(20)5-10/h2-5,11H,6-8H2,1H3,(H,22,27)(H,21,23,25). The van der Waals surface area contributed by atoms with E-state index in [4.69, 9.17) is 32.5 Å². The van der Waals surface area contributed by atoms with Crippen LogP contribution >= 0.6 is 23.2 Å². The first-order valence-corrected chi connectivity index (χ1v) is 9.44. The summed E-state index contributed by atoms with van der Waals surface area (Å²) in [7, 11) is 0. The van der Waals surface area contributed by atoms with E-state index < -0.39 is 36.2 Å². The van der Waals surface area contributed by atoms with Crippen molar-refractivity contribution in [3.63, 3.8) is 0 Å². The molecule has 0 bridgehead atoms. The number of esters is 1. The molecule has 30 heavy (non-hydrogen) atoms. The smallest absolute Gasteiger partial charge is 0.311 e. The minimum Gasteiger partial charge on any atom is -0.455 e. The molecule has 2 N–H and O–H groups in total. The maximum absolute atomic E-state index is 12.3. The van der Waals surface area contributed by atoms with E-state index in [0.29, 0.717) is 5.76 Å². The molecule has 1 atom stereocenters. The second kappa shape index (κ2) is 9.14. The van der Waals surface area contributed by atoms with E-state index in [-0.39, 0.29) is 34.4 Å². The quantitative estimate of drug-likeness (QED) is 0.637. The van der Waals surface area contributed by atoms with Crippen LogP contribution in [-0.2, 0) is 19.1 Å². The lowest BCUT2D eigenvalue weighted by Crippen LogP contribution is -2.43. The molecular formula is C18H16Cl2N4O6. The second-order valence-corrected chi connectivity index (χ2v) is 7.27. The van der Waals surface area contributed by atoms with E-state index in [1.807, 2.05) is 0 Å². The lowest BCUT2D eigenvalue weighted by atomic mass is 10.1. The first-order valence-electron chi connectivity index (χ1n) is 8.69. The fraction of sp³-hybridized carbons (Fsp3) is 0.278. The number of amides is 3. The number of hydrazine groups is 1. The van der Waals surface area contributed by atoms with Crippen molar-refractivity contribution in [2.24, 2.45) is 5.92 Å². The number of anilines is 1. The van der Waals surface area contributed by atoms with Gasteiger partial charge >= 0.3 is 5.97 Å². The monoisotopic (exact) mass is 454 g/mol. The van der Waals surface area contributed by atoms with Gasteiger partial charge in [-0.25, -0.2) is 0 Å². The zero-order chi connectivity index (χ0) is 21.8. The van der Waals surface area contributed by atoms with Gasteiger partial charge in [0.25, 0.3) is 11.8 Å². The van der Waals surface area contributed by atoms with E-state index in [1.54, 1.807) is 6.92 Å². The number of ether oxygens (including phenoxy) is 1. The molecule has 158 valence electrons. The molecule has 2 aromatic rings. The molecule has 1 aromatic carbocycles. The summed E-state index contributed by atoms with van der Waals surface area (Å²) in [6.07, 6.45) is -0.162. The summed E-state index contributed by atoms with van der Waals surface area (Å²) >= 11 is 11.7. The first-order chi connectivity index (χ1) is 14.2. The van der Waals surface area contributed by atoms with Crippen molar-refractivity contribution >= 4 is 52.7 Å². The van der Waals surface area contributed by atoms with Crippen LogP contribution in [0.1, 0.15) is 22.5 Å². The zero-order valence-electron chi connectivity index (χ0n) is 15.6. The Bertz CT molecular complexity index is 1010. The minimum absolute atomic E-state index is 0.0885. The van der Waals surface area contributed by atoms with Gasteiger partial charge in [-0.05, 0) is 25.1 Å². The maximum Gasteiger partial charge on any atom is 0.311 e. The van der Waals surface area contributed by atoms with Crippen molar-refractivity contribution in [2.75, 3.05) is 18.5 Å². The molecule has 12 heteroatoms.